The number of hydrogen-bond donors (Lipinski definition) is 3. The number of rotatable bonds is 5. The Morgan fingerprint density at radius 1 is 1.58 bits per heavy atom. The first kappa shape index (κ1) is 13.7. The maximum atomic E-state index is 12.0. The van der Waals surface area contributed by atoms with E-state index in [1.165, 1.54) is 0 Å². The lowest BCUT2D eigenvalue weighted by Gasteiger charge is -2.26. The van der Waals surface area contributed by atoms with Gasteiger partial charge < -0.3 is 19.8 Å². The second-order valence-corrected chi connectivity index (χ2v) is 5.78. The minimum Gasteiger partial charge on any atom is -0.463 e. The lowest BCUT2D eigenvalue weighted by atomic mass is 9.87. The van der Waals surface area contributed by atoms with Crippen LogP contribution in [0.3, 0.4) is 0 Å². The van der Waals surface area contributed by atoms with Gasteiger partial charge in [0.25, 0.3) is 5.91 Å². The van der Waals surface area contributed by atoms with Gasteiger partial charge in [-0.1, -0.05) is 13.8 Å². The number of carbonyl (C=O) groups is 1. The Kier molecular flexibility index (Phi) is 3.66. The maximum Gasteiger partial charge on any atom is 0.267 e. The molecular formula is C14H20N2O3. The molecule has 5 heteroatoms. The van der Waals surface area contributed by atoms with Crippen molar-refractivity contribution in [1.82, 2.24) is 10.3 Å². The van der Waals surface area contributed by atoms with Gasteiger partial charge in [-0.3, -0.25) is 4.79 Å². The Hall–Kier alpha value is -1.75. The highest BCUT2D eigenvalue weighted by Crippen LogP contribution is 2.21. The largest absolute Gasteiger partial charge is 0.463 e. The van der Waals surface area contributed by atoms with Crippen LogP contribution in [0.5, 0.6) is 0 Å². The molecule has 0 aliphatic carbocycles. The number of carbonyl (C=O) groups excluding carboxylic acids is 1. The lowest BCUT2D eigenvalue weighted by molar-refractivity contribution is 0.0898. The van der Waals surface area contributed by atoms with Crippen LogP contribution in [0.1, 0.15) is 37.7 Å². The van der Waals surface area contributed by atoms with Crippen molar-refractivity contribution < 1.29 is 14.3 Å². The van der Waals surface area contributed by atoms with Gasteiger partial charge in [0.15, 0.2) is 5.58 Å². The highest BCUT2D eigenvalue weighted by Gasteiger charge is 2.22. The molecule has 0 saturated carbocycles. The molecule has 2 aromatic rings. The van der Waals surface area contributed by atoms with E-state index in [9.17, 15) is 9.90 Å². The smallest absolute Gasteiger partial charge is 0.267 e. The Balaban J connectivity index is 1.96. The molecule has 1 atom stereocenters. The zero-order valence-electron chi connectivity index (χ0n) is 11.5. The molecule has 0 aliphatic rings. The van der Waals surface area contributed by atoms with Gasteiger partial charge in [-0.05, 0) is 18.8 Å². The molecular weight excluding hydrogens is 244 g/mol. The summed E-state index contributed by atoms with van der Waals surface area (Å²) in [6.07, 6.45) is 1.84. The molecule has 0 bridgehead atoms. The summed E-state index contributed by atoms with van der Waals surface area (Å²) < 4.78 is 5.20. The molecule has 5 nitrogen and oxygen atoms in total. The third-order valence-corrected chi connectivity index (χ3v) is 3.06. The van der Waals surface area contributed by atoms with Gasteiger partial charge in [-0.15, -0.1) is 0 Å². The average Bonchev–Trinajstić information content (AvgIpc) is 2.83. The Morgan fingerprint density at radius 3 is 2.95 bits per heavy atom. The van der Waals surface area contributed by atoms with Gasteiger partial charge in [0.2, 0.25) is 0 Å². The Bertz CT molecular complexity index is 538. The molecule has 0 fully saturated rings. The highest BCUT2D eigenvalue weighted by atomic mass is 16.3. The summed E-state index contributed by atoms with van der Waals surface area (Å²) in [7, 11) is 0. The zero-order chi connectivity index (χ0) is 14.0. The van der Waals surface area contributed by atoms with Crippen LogP contribution < -0.4 is 5.32 Å². The van der Waals surface area contributed by atoms with E-state index < -0.39 is 0 Å². The fraction of sp³-hybridized carbons (Fsp3) is 0.500. The molecule has 3 N–H and O–H groups in total. The quantitative estimate of drug-likeness (QED) is 0.775. The number of H-pyrrole nitrogens is 1. The normalized spacial score (nSPS) is 13.7. The molecule has 19 heavy (non-hydrogen) atoms. The van der Waals surface area contributed by atoms with Gasteiger partial charge >= 0.3 is 0 Å². The minimum atomic E-state index is -0.375. The molecule has 2 aromatic heterocycles. The number of amides is 1. The molecule has 104 valence electrons. The number of aromatic nitrogens is 1. The number of nitrogens with one attached hydrogen (secondary N) is 2. The minimum absolute atomic E-state index is 0.143. The molecule has 2 heterocycles. The SMILES string of the molecule is CC(O)CC(C)(C)CNC(=O)c1cc2occc2[nH]1. The molecule has 1 amide bonds. The summed E-state index contributed by atoms with van der Waals surface area (Å²) in [5, 5.41) is 12.3. The first-order chi connectivity index (χ1) is 8.87. The average molecular weight is 264 g/mol. The van der Waals surface area contributed by atoms with Gasteiger partial charge in [0.1, 0.15) is 5.69 Å². The summed E-state index contributed by atoms with van der Waals surface area (Å²) >= 11 is 0. The van der Waals surface area contributed by atoms with Crippen LogP contribution >= 0.6 is 0 Å². The predicted octanol–water partition coefficient (Wildman–Crippen LogP) is 2.29. The first-order valence-corrected chi connectivity index (χ1v) is 6.40. The van der Waals surface area contributed by atoms with Crippen molar-refractivity contribution in [2.45, 2.75) is 33.3 Å². The Morgan fingerprint density at radius 2 is 2.32 bits per heavy atom. The van der Waals surface area contributed by atoms with Crippen molar-refractivity contribution in [3.05, 3.63) is 24.1 Å². The van der Waals surface area contributed by atoms with Crippen molar-refractivity contribution in [1.29, 1.82) is 0 Å². The number of aromatic amines is 1. The molecule has 0 aromatic carbocycles. The van der Waals surface area contributed by atoms with Crippen molar-refractivity contribution in [3.63, 3.8) is 0 Å². The highest BCUT2D eigenvalue weighted by molar-refractivity contribution is 5.96. The molecule has 2 rings (SSSR count). The first-order valence-electron chi connectivity index (χ1n) is 6.40. The molecule has 0 saturated heterocycles. The Labute approximate surface area is 112 Å². The van der Waals surface area contributed by atoms with Crippen LogP contribution in [-0.4, -0.2) is 28.6 Å². The van der Waals surface area contributed by atoms with E-state index in [1.807, 2.05) is 13.8 Å². The van der Waals surface area contributed by atoms with Crippen LogP contribution in [0, 0.1) is 5.41 Å². The monoisotopic (exact) mass is 264 g/mol. The van der Waals surface area contributed by atoms with Crippen molar-refractivity contribution >= 4 is 17.0 Å². The maximum absolute atomic E-state index is 12.0. The van der Waals surface area contributed by atoms with Crippen LogP contribution in [0.25, 0.3) is 11.1 Å². The number of aliphatic hydroxyl groups excluding tert-OH is 1. The topological polar surface area (TPSA) is 78.3 Å². The van der Waals surface area contributed by atoms with Crippen molar-refractivity contribution in [2.24, 2.45) is 5.41 Å². The zero-order valence-corrected chi connectivity index (χ0v) is 11.5. The van der Waals surface area contributed by atoms with Gasteiger partial charge in [0, 0.05) is 18.7 Å². The number of hydrogen-bond acceptors (Lipinski definition) is 3. The number of fused-ring (bicyclic) bond motifs is 1. The number of furan rings is 1. The predicted molar refractivity (Wildman–Crippen MR) is 73.0 cm³/mol. The standard InChI is InChI=1S/C14H20N2O3/c1-9(17)7-14(2,3)8-15-13(18)11-6-12-10(16-11)4-5-19-12/h4-6,9,16-17H,7-8H2,1-3H3,(H,15,18). The lowest BCUT2D eigenvalue weighted by Crippen LogP contribution is -2.35. The third-order valence-electron chi connectivity index (χ3n) is 3.06. The molecule has 1 unspecified atom stereocenters. The molecule has 0 radical (unpaired) electrons. The second kappa shape index (κ2) is 5.09. The van der Waals surface area contributed by atoms with E-state index in [-0.39, 0.29) is 17.4 Å². The summed E-state index contributed by atoms with van der Waals surface area (Å²) in [5.41, 5.74) is 1.83. The summed E-state index contributed by atoms with van der Waals surface area (Å²) in [6.45, 7) is 6.29. The molecule has 0 aliphatic heterocycles. The number of aliphatic hydroxyl groups is 1. The van der Waals surface area contributed by atoms with E-state index in [2.05, 4.69) is 10.3 Å². The van der Waals surface area contributed by atoms with Gasteiger partial charge in [-0.2, -0.15) is 0 Å². The van der Waals surface area contributed by atoms with E-state index in [0.717, 1.165) is 5.52 Å². The van der Waals surface area contributed by atoms with E-state index in [1.54, 1.807) is 25.3 Å². The van der Waals surface area contributed by atoms with Crippen LogP contribution in [0.2, 0.25) is 0 Å². The van der Waals surface area contributed by atoms with Gasteiger partial charge in [0.05, 0.1) is 17.9 Å². The van der Waals surface area contributed by atoms with E-state index in [4.69, 9.17) is 4.42 Å². The molecule has 0 spiro atoms. The van der Waals surface area contributed by atoms with Crippen LogP contribution in [0.4, 0.5) is 0 Å². The van der Waals surface area contributed by atoms with Crippen molar-refractivity contribution in [3.8, 4) is 0 Å². The summed E-state index contributed by atoms with van der Waals surface area (Å²) in [6, 6.07) is 3.47. The van der Waals surface area contributed by atoms with Crippen LogP contribution in [0.15, 0.2) is 22.8 Å². The van der Waals surface area contributed by atoms with E-state index >= 15 is 0 Å². The summed E-state index contributed by atoms with van der Waals surface area (Å²) in [4.78, 5) is 15.0. The van der Waals surface area contributed by atoms with E-state index in [0.29, 0.717) is 24.2 Å². The summed E-state index contributed by atoms with van der Waals surface area (Å²) in [5.74, 6) is -0.162. The fourth-order valence-corrected chi connectivity index (χ4v) is 2.26. The van der Waals surface area contributed by atoms with Crippen LogP contribution in [-0.2, 0) is 0 Å². The fourth-order valence-electron chi connectivity index (χ4n) is 2.26. The van der Waals surface area contributed by atoms with Crippen molar-refractivity contribution in [2.75, 3.05) is 6.54 Å². The second-order valence-electron chi connectivity index (χ2n) is 5.78. The van der Waals surface area contributed by atoms with Gasteiger partial charge in [-0.25, -0.2) is 0 Å². The third kappa shape index (κ3) is 3.38.